The fourth-order valence-electron chi connectivity index (χ4n) is 3.86. The predicted molar refractivity (Wildman–Crippen MR) is 114 cm³/mol. The van der Waals surface area contributed by atoms with Gasteiger partial charge < -0.3 is 9.84 Å². The Balaban J connectivity index is 1.54. The van der Waals surface area contributed by atoms with Crippen LogP contribution in [-0.2, 0) is 13.1 Å². The van der Waals surface area contributed by atoms with Gasteiger partial charge in [0.2, 0.25) is 0 Å². The zero-order valence-corrected chi connectivity index (χ0v) is 17.5. The SMILES string of the molecule is Cc1onc(-c2c(F)cccc2Cl)c1C(=O)NCc1ccccc1CN1CCCC1. The molecule has 1 aromatic heterocycles. The Morgan fingerprint density at radius 2 is 1.90 bits per heavy atom. The van der Waals surface area contributed by atoms with E-state index in [0.29, 0.717) is 12.3 Å². The van der Waals surface area contributed by atoms with Gasteiger partial charge in [-0.25, -0.2) is 4.39 Å². The smallest absolute Gasteiger partial charge is 0.257 e. The van der Waals surface area contributed by atoms with Crippen LogP contribution in [0.4, 0.5) is 4.39 Å². The number of aromatic nitrogens is 1. The number of carbonyl (C=O) groups excluding carboxylic acids is 1. The summed E-state index contributed by atoms with van der Waals surface area (Å²) in [5.74, 6) is -0.618. The van der Waals surface area contributed by atoms with Gasteiger partial charge in [-0.2, -0.15) is 0 Å². The van der Waals surface area contributed by atoms with E-state index >= 15 is 0 Å². The molecule has 1 fully saturated rings. The zero-order chi connectivity index (χ0) is 21.1. The minimum Gasteiger partial charge on any atom is -0.360 e. The van der Waals surface area contributed by atoms with E-state index in [-0.39, 0.29) is 27.8 Å². The maximum atomic E-state index is 14.4. The molecule has 0 spiro atoms. The summed E-state index contributed by atoms with van der Waals surface area (Å²) in [4.78, 5) is 15.4. The monoisotopic (exact) mass is 427 g/mol. The standard InChI is InChI=1S/C23H23ClFN3O2/c1-15-20(22(27-30-15)21-18(24)9-6-10-19(21)25)23(29)26-13-16-7-2-3-8-17(16)14-28-11-4-5-12-28/h2-3,6-10H,4-5,11-14H2,1H3,(H,26,29). The van der Waals surface area contributed by atoms with Crippen molar-refractivity contribution in [2.45, 2.75) is 32.9 Å². The molecule has 1 amide bonds. The molecule has 0 bridgehead atoms. The summed E-state index contributed by atoms with van der Waals surface area (Å²) in [7, 11) is 0. The van der Waals surface area contributed by atoms with Crippen LogP contribution in [0.15, 0.2) is 47.0 Å². The van der Waals surface area contributed by atoms with Crippen LogP contribution in [-0.4, -0.2) is 29.1 Å². The van der Waals surface area contributed by atoms with Crippen LogP contribution in [0, 0.1) is 12.7 Å². The molecule has 5 nitrogen and oxygen atoms in total. The van der Waals surface area contributed by atoms with Crippen molar-refractivity contribution in [3.8, 4) is 11.3 Å². The third-order valence-electron chi connectivity index (χ3n) is 5.44. The van der Waals surface area contributed by atoms with Crippen molar-refractivity contribution < 1.29 is 13.7 Å². The Labute approximate surface area is 179 Å². The van der Waals surface area contributed by atoms with Gasteiger partial charge in [0.25, 0.3) is 5.91 Å². The Hall–Kier alpha value is -2.70. The largest absolute Gasteiger partial charge is 0.360 e. The van der Waals surface area contributed by atoms with Gasteiger partial charge in [0.15, 0.2) is 0 Å². The van der Waals surface area contributed by atoms with Gasteiger partial charge in [-0.1, -0.05) is 47.1 Å². The fraction of sp³-hybridized carbons (Fsp3) is 0.304. The maximum absolute atomic E-state index is 14.4. The highest BCUT2D eigenvalue weighted by molar-refractivity contribution is 6.33. The Morgan fingerprint density at radius 1 is 1.17 bits per heavy atom. The van der Waals surface area contributed by atoms with E-state index in [1.54, 1.807) is 13.0 Å². The number of hydrogen-bond donors (Lipinski definition) is 1. The molecule has 0 aliphatic carbocycles. The van der Waals surface area contributed by atoms with Crippen LogP contribution in [0.1, 0.15) is 40.1 Å². The van der Waals surface area contributed by atoms with Crippen molar-refractivity contribution in [1.82, 2.24) is 15.4 Å². The first-order chi connectivity index (χ1) is 14.5. The number of benzene rings is 2. The molecule has 1 aliphatic rings. The second-order valence-corrected chi connectivity index (χ2v) is 7.90. The third kappa shape index (κ3) is 4.25. The first-order valence-electron chi connectivity index (χ1n) is 10.0. The number of likely N-dealkylation sites (tertiary alicyclic amines) is 1. The molecule has 30 heavy (non-hydrogen) atoms. The van der Waals surface area contributed by atoms with Gasteiger partial charge >= 0.3 is 0 Å². The minimum absolute atomic E-state index is 0.0654. The zero-order valence-electron chi connectivity index (χ0n) is 16.8. The maximum Gasteiger partial charge on any atom is 0.257 e. The summed E-state index contributed by atoms with van der Waals surface area (Å²) in [6, 6.07) is 12.4. The number of rotatable bonds is 6. The van der Waals surface area contributed by atoms with Crippen molar-refractivity contribution in [3.05, 3.63) is 75.8 Å². The number of nitrogens with zero attached hydrogens (tertiary/aromatic N) is 2. The van der Waals surface area contributed by atoms with Crippen molar-refractivity contribution >= 4 is 17.5 Å². The molecule has 156 valence electrons. The fourth-order valence-corrected chi connectivity index (χ4v) is 4.12. The van der Waals surface area contributed by atoms with Crippen molar-refractivity contribution in [3.63, 3.8) is 0 Å². The topological polar surface area (TPSA) is 58.4 Å². The van der Waals surface area contributed by atoms with Crippen LogP contribution >= 0.6 is 11.6 Å². The Morgan fingerprint density at radius 3 is 2.63 bits per heavy atom. The molecular formula is C23H23ClFN3O2. The summed E-state index contributed by atoms with van der Waals surface area (Å²) in [6.07, 6.45) is 2.46. The van der Waals surface area contributed by atoms with Crippen LogP contribution in [0.5, 0.6) is 0 Å². The number of nitrogens with one attached hydrogen (secondary N) is 1. The third-order valence-corrected chi connectivity index (χ3v) is 5.75. The summed E-state index contributed by atoms with van der Waals surface area (Å²) in [5, 5.41) is 7.01. The van der Waals surface area contributed by atoms with E-state index in [0.717, 1.165) is 25.2 Å². The van der Waals surface area contributed by atoms with Crippen molar-refractivity contribution in [2.24, 2.45) is 0 Å². The highest BCUT2D eigenvalue weighted by atomic mass is 35.5. The van der Waals surface area contributed by atoms with Gasteiger partial charge in [0, 0.05) is 13.1 Å². The van der Waals surface area contributed by atoms with Crippen LogP contribution in [0.25, 0.3) is 11.3 Å². The summed E-state index contributed by atoms with van der Waals surface area (Å²) in [6.45, 7) is 5.06. The Kier molecular flexibility index (Phi) is 6.16. The molecule has 1 aliphatic heterocycles. The lowest BCUT2D eigenvalue weighted by molar-refractivity contribution is 0.0950. The van der Waals surface area contributed by atoms with Crippen molar-refractivity contribution in [1.29, 1.82) is 0 Å². The van der Waals surface area contributed by atoms with E-state index < -0.39 is 5.82 Å². The highest BCUT2D eigenvalue weighted by Gasteiger charge is 2.25. The first kappa shape index (κ1) is 20.6. The van der Waals surface area contributed by atoms with E-state index in [2.05, 4.69) is 21.4 Å². The van der Waals surface area contributed by atoms with Gasteiger partial charge in [-0.15, -0.1) is 0 Å². The molecule has 4 rings (SSSR count). The molecule has 1 N–H and O–H groups in total. The highest BCUT2D eigenvalue weighted by Crippen LogP contribution is 2.33. The molecule has 0 saturated carbocycles. The molecule has 2 heterocycles. The lowest BCUT2D eigenvalue weighted by Gasteiger charge is -2.17. The van der Waals surface area contributed by atoms with Gasteiger partial charge in [-0.05, 0) is 56.1 Å². The van der Waals surface area contributed by atoms with E-state index in [9.17, 15) is 9.18 Å². The molecule has 2 aromatic carbocycles. The first-order valence-corrected chi connectivity index (χ1v) is 10.4. The number of aryl methyl sites for hydroxylation is 1. The van der Waals surface area contributed by atoms with Crippen LogP contribution in [0.2, 0.25) is 5.02 Å². The average molecular weight is 428 g/mol. The average Bonchev–Trinajstić information content (AvgIpc) is 3.37. The normalized spacial score (nSPS) is 14.2. The van der Waals surface area contributed by atoms with Crippen molar-refractivity contribution in [2.75, 3.05) is 13.1 Å². The minimum atomic E-state index is -0.555. The van der Waals surface area contributed by atoms with Crippen LogP contribution in [0.3, 0.4) is 0 Å². The number of amides is 1. The van der Waals surface area contributed by atoms with E-state index in [1.807, 2.05) is 18.2 Å². The second-order valence-electron chi connectivity index (χ2n) is 7.49. The lowest BCUT2D eigenvalue weighted by Crippen LogP contribution is -2.25. The van der Waals surface area contributed by atoms with Crippen LogP contribution < -0.4 is 5.32 Å². The summed E-state index contributed by atoms with van der Waals surface area (Å²) >= 11 is 6.17. The number of halogens is 2. The summed E-state index contributed by atoms with van der Waals surface area (Å²) in [5.41, 5.74) is 2.62. The molecule has 0 radical (unpaired) electrons. The molecule has 1 saturated heterocycles. The molecule has 0 unspecified atom stereocenters. The second kappa shape index (κ2) is 8.98. The van der Waals surface area contributed by atoms with Gasteiger partial charge in [-0.3, -0.25) is 9.69 Å². The van der Waals surface area contributed by atoms with Gasteiger partial charge in [0.1, 0.15) is 22.8 Å². The van der Waals surface area contributed by atoms with E-state index in [1.165, 1.54) is 30.5 Å². The molecule has 7 heteroatoms. The summed E-state index contributed by atoms with van der Waals surface area (Å²) < 4.78 is 19.6. The number of carbonyl (C=O) groups is 1. The lowest BCUT2D eigenvalue weighted by atomic mass is 10.0. The number of hydrogen-bond acceptors (Lipinski definition) is 4. The molecule has 0 atom stereocenters. The predicted octanol–water partition coefficient (Wildman–Crippen LogP) is 4.97. The quantitative estimate of drug-likeness (QED) is 0.603. The Bertz CT molecular complexity index is 1040. The van der Waals surface area contributed by atoms with E-state index in [4.69, 9.17) is 16.1 Å². The molecule has 3 aromatic rings. The van der Waals surface area contributed by atoms with Gasteiger partial charge in [0.05, 0.1) is 10.6 Å². The molecular weight excluding hydrogens is 405 g/mol.